The Morgan fingerprint density at radius 1 is 1.26 bits per heavy atom. The lowest BCUT2D eigenvalue weighted by molar-refractivity contribution is -0.158. The summed E-state index contributed by atoms with van der Waals surface area (Å²) in [5, 5.41) is 3.35. The summed E-state index contributed by atoms with van der Waals surface area (Å²) < 4.78 is 15.6. The molecule has 8 heteroatoms. The number of thiocarbonyl (C=S) groups is 1. The fraction of sp³-hybridized carbons (Fsp3) is 0.526. The molecule has 1 N–H and O–H groups in total. The molecule has 0 spiro atoms. The molecule has 1 aromatic rings. The van der Waals surface area contributed by atoms with Crippen molar-refractivity contribution in [1.29, 1.82) is 0 Å². The van der Waals surface area contributed by atoms with Crippen molar-refractivity contribution >= 4 is 35.0 Å². The summed E-state index contributed by atoms with van der Waals surface area (Å²) >= 11 is 5.52. The Bertz CT molecular complexity index is 709. The van der Waals surface area contributed by atoms with E-state index in [2.05, 4.69) is 5.32 Å². The highest BCUT2D eigenvalue weighted by molar-refractivity contribution is 7.80. The van der Waals surface area contributed by atoms with Crippen LogP contribution in [0.1, 0.15) is 27.2 Å². The quantitative estimate of drug-likeness (QED) is 0.558. The van der Waals surface area contributed by atoms with Crippen LogP contribution < -0.4 is 15.0 Å². The summed E-state index contributed by atoms with van der Waals surface area (Å²) in [6.07, 6.45) is 0.636. The van der Waals surface area contributed by atoms with Crippen molar-refractivity contribution in [2.24, 2.45) is 5.92 Å². The van der Waals surface area contributed by atoms with E-state index in [9.17, 15) is 9.59 Å². The summed E-state index contributed by atoms with van der Waals surface area (Å²) in [6.45, 7) is 5.74. The maximum atomic E-state index is 13.0. The second-order valence-corrected chi connectivity index (χ2v) is 6.71. The van der Waals surface area contributed by atoms with Crippen LogP contribution >= 0.6 is 12.2 Å². The maximum Gasteiger partial charge on any atom is 0.334 e. The standard InChI is InChI=1S/C19H26N2O5S/c1-6-12(3)19(17(23)25-5)15(16(22)26-7-2)21(18(27)20-19)13-8-10-14(24-4)11-9-13/h8-12,15H,6-7H2,1-5H3,(H,20,27)/t12-,15-,19-/m0/s1. The summed E-state index contributed by atoms with van der Waals surface area (Å²) in [5.41, 5.74) is -0.687. The highest BCUT2D eigenvalue weighted by atomic mass is 32.1. The van der Waals surface area contributed by atoms with Gasteiger partial charge in [-0.3, -0.25) is 0 Å². The molecule has 1 aromatic carbocycles. The first kappa shape index (κ1) is 21.0. The van der Waals surface area contributed by atoms with Gasteiger partial charge in [-0.05, 0) is 49.3 Å². The molecular formula is C19H26N2O5S. The van der Waals surface area contributed by atoms with E-state index in [1.165, 1.54) is 7.11 Å². The summed E-state index contributed by atoms with van der Waals surface area (Å²) in [4.78, 5) is 27.5. The third-order valence-electron chi connectivity index (χ3n) is 5.00. The van der Waals surface area contributed by atoms with Gasteiger partial charge in [-0.25, -0.2) is 9.59 Å². The largest absolute Gasteiger partial charge is 0.497 e. The molecule has 1 fully saturated rings. The van der Waals surface area contributed by atoms with Crippen LogP contribution in [-0.2, 0) is 19.1 Å². The molecule has 2 rings (SSSR count). The van der Waals surface area contributed by atoms with Crippen molar-refractivity contribution in [3.05, 3.63) is 24.3 Å². The zero-order valence-corrected chi connectivity index (χ0v) is 17.1. The SMILES string of the molecule is CCOC(=O)[C@@H]1N(c2ccc(OC)cc2)C(=S)N[C@@]1(C(=O)OC)[C@@H](C)CC. The minimum atomic E-state index is -1.34. The lowest BCUT2D eigenvalue weighted by Crippen LogP contribution is -2.64. The number of esters is 2. The van der Waals surface area contributed by atoms with Gasteiger partial charge >= 0.3 is 11.9 Å². The lowest BCUT2D eigenvalue weighted by atomic mass is 9.77. The summed E-state index contributed by atoms with van der Waals surface area (Å²) in [6, 6.07) is 6.11. The normalized spacial score (nSPS) is 22.8. The van der Waals surface area contributed by atoms with Gasteiger partial charge in [-0.15, -0.1) is 0 Å². The summed E-state index contributed by atoms with van der Waals surface area (Å²) in [7, 11) is 2.87. The molecule has 1 aliphatic rings. The molecule has 0 bridgehead atoms. The minimum absolute atomic E-state index is 0.191. The molecule has 0 aliphatic carbocycles. The first-order valence-corrected chi connectivity index (χ1v) is 9.28. The second kappa shape index (κ2) is 8.56. The van der Waals surface area contributed by atoms with Gasteiger partial charge in [0.15, 0.2) is 16.7 Å². The van der Waals surface area contributed by atoms with Crippen molar-refractivity contribution in [2.45, 2.75) is 38.8 Å². The van der Waals surface area contributed by atoms with E-state index in [-0.39, 0.29) is 17.6 Å². The van der Waals surface area contributed by atoms with E-state index in [0.29, 0.717) is 17.9 Å². The van der Waals surface area contributed by atoms with E-state index in [0.717, 1.165) is 0 Å². The Hall–Kier alpha value is -2.35. The Kier molecular flexibility index (Phi) is 6.64. The number of nitrogens with one attached hydrogen (secondary N) is 1. The van der Waals surface area contributed by atoms with Crippen molar-refractivity contribution in [2.75, 3.05) is 25.7 Å². The zero-order chi connectivity index (χ0) is 20.2. The van der Waals surface area contributed by atoms with Crippen molar-refractivity contribution in [3.8, 4) is 5.75 Å². The Morgan fingerprint density at radius 2 is 1.89 bits per heavy atom. The lowest BCUT2D eigenvalue weighted by Gasteiger charge is -2.37. The van der Waals surface area contributed by atoms with Gasteiger partial charge in [-0.2, -0.15) is 0 Å². The van der Waals surface area contributed by atoms with Crippen molar-refractivity contribution in [3.63, 3.8) is 0 Å². The molecule has 0 saturated carbocycles. The van der Waals surface area contributed by atoms with Gasteiger partial charge in [0.1, 0.15) is 5.75 Å². The van der Waals surface area contributed by atoms with Gasteiger partial charge in [-0.1, -0.05) is 20.3 Å². The van der Waals surface area contributed by atoms with Crippen LogP contribution in [0.15, 0.2) is 24.3 Å². The maximum absolute atomic E-state index is 13.0. The topological polar surface area (TPSA) is 77.1 Å². The Balaban J connectivity index is 2.62. The smallest absolute Gasteiger partial charge is 0.334 e. The van der Waals surface area contributed by atoms with Crippen molar-refractivity contribution in [1.82, 2.24) is 5.32 Å². The van der Waals surface area contributed by atoms with Crippen LogP contribution in [0.5, 0.6) is 5.75 Å². The minimum Gasteiger partial charge on any atom is -0.497 e. The van der Waals surface area contributed by atoms with Gasteiger partial charge in [0.25, 0.3) is 0 Å². The third-order valence-corrected chi connectivity index (χ3v) is 5.29. The first-order valence-electron chi connectivity index (χ1n) is 8.87. The number of methoxy groups -OCH3 is 2. The molecule has 0 unspecified atom stereocenters. The molecule has 3 atom stereocenters. The molecule has 1 aliphatic heterocycles. The molecule has 27 heavy (non-hydrogen) atoms. The fourth-order valence-corrected chi connectivity index (χ4v) is 3.78. The van der Waals surface area contributed by atoms with E-state index in [1.54, 1.807) is 43.2 Å². The van der Waals surface area contributed by atoms with Crippen molar-refractivity contribution < 1.29 is 23.8 Å². The Morgan fingerprint density at radius 3 is 2.37 bits per heavy atom. The number of hydrogen-bond donors (Lipinski definition) is 1. The number of ether oxygens (including phenoxy) is 3. The number of nitrogens with zero attached hydrogens (tertiary/aromatic N) is 1. The first-order chi connectivity index (χ1) is 12.9. The highest BCUT2D eigenvalue weighted by Crippen LogP contribution is 2.38. The van der Waals surface area contributed by atoms with Crippen LogP contribution in [0, 0.1) is 5.92 Å². The molecule has 148 valence electrons. The second-order valence-electron chi connectivity index (χ2n) is 6.32. The van der Waals surface area contributed by atoms with E-state index >= 15 is 0 Å². The predicted octanol–water partition coefficient (Wildman–Crippen LogP) is 2.28. The fourth-order valence-electron chi connectivity index (χ4n) is 3.40. The average molecular weight is 394 g/mol. The monoisotopic (exact) mass is 394 g/mol. The molecule has 0 amide bonds. The number of hydrogen-bond acceptors (Lipinski definition) is 6. The van der Waals surface area contributed by atoms with E-state index in [4.69, 9.17) is 26.4 Å². The van der Waals surface area contributed by atoms with Gasteiger partial charge in [0.05, 0.1) is 20.8 Å². The zero-order valence-electron chi connectivity index (χ0n) is 16.3. The third kappa shape index (κ3) is 3.58. The van der Waals surface area contributed by atoms with Gasteiger partial charge in [0, 0.05) is 5.69 Å². The Labute approximate surface area is 165 Å². The molecule has 1 saturated heterocycles. The van der Waals surface area contributed by atoms with Crippen LogP contribution in [-0.4, -0.2) is 49.5 Å². The van der Waals surface area contributed by atoms with Crippen LogP contribution in [0.2, 0.25) is 0 Å². The molecule has 7 nitrogen and oxygen atoms in total. The molecular weight excluding hydrogens is 368 g/mol. The number of rotatable bonds is 7. The van der Waals surface area contributed by atoms with Gasteiger partial charge in [0.2, 0.25) is 0 Å². The highest BCUT2D eigenvalue weighted by Gasteiger charge is 2.62. The van der Waals surface area contributed by atoms with Gasteiger partial charge < -0.3 is 24.4 Å². The molecule has 0 radical (unpaired) electrons. The van der Waals surface area contributed by atoms with Crippen LogP contribution in [0.25, 0.3) is 0 Å². The molecule has 0 aromatic heterocycles. The van der Waals surface area contributed by atoms with E-state index < -0.39 is 23.5 Å². The molecule has 1 heterocycles. The predicted molar refractivity (Wildman–Crippen MR) is 106 cm³/mol. The summed E-state index contributed by atoms with van der Waals surface area (Å²) in [5.74, 6) is -0.647. The van der Waals surface area contributed by atoms with Crippen LogP contribution in [0.4, 0.5) is 5.69 Å². The average Bonchev–Trinajstić information content (AvgIpc) is 3.01. The number of carbonyl (C=O) groups excluding carboxylic acids is 2. The number of benzene rings is 1. The number of carbonyl (C=O) groups is 2. The van der Waals surface area contributed by atoms with Crippen LogP contribution in [0.3, 0.4) is 0 Å². The number of anilines is 1. The van der Waals surface area contributed by atoms with E-state index in [1.807, 2.05) is 13.8 Å².